The molecule has 0 saturated carbocycles. The molecule has 1 amide bonds. The van der Waals surface area contributed by atoms with E-state index in [0.717, 1.165) is 11.3 Å². The van der Waals surface area contributed by atoms with Crippen molar-refractivity contribution in [2.75, 3.05) is 24.2 Å². The van der Waals surface area contributed by atoms with Crippen LogP contribution in [0, 0.1) is 5.92 Å². The van der Waals surface area contributed by atoms with Gasteiger partial charge in [-0.2, -0.15) is 4.31 Å². The third-order valence-electron chi connectivity index (χ3n) is 5.49. The average molecular weight is 521 g/mol. The first kappa shape index (κ1) is 24.7. The molecular weight excluding hydrogens is 496 g/mol. The minimum Gasteiger partial charge on any atom is -0.407 e. The van der Waals surface area contributed by atoms with Crippen LogP contribution >= 0.6 is 23.4 Å². The smallest absolute Gasteiger partial charge is 0.322 e. The van der Waals surface area contributed by atoms with Crippen molar-refractivity contribution in [1.82, 2.24) is 14.5 Å². The number of aromatic nitrogens is 2. The molecule has 3 aromatic rings. The predicted octanol–water partition coefficient (Wildman–Crippen LogP) is 4.47. The molecule has 4 rings (SSSR count). The molecule has 34 heavy (non-hydrogen) atoms. The van der Waals surface area contributed by atoms with Crippen LogP contribution in [0.1, 0.15) is 31.2 Å². The van der Waals surface area contributed by atoms with Crippen LogP contribution in [-0.4, -0.2) is 47.7 Å². The number of rotatable bonds is 8. The molecule has 1 aromatic heterocycles. The van der Waals surface area contributed by atoms with Crippen molar-refractivity contribution in [2.45, 2.75) is 36.0 Å². The van der Waals surface area contributed by atoms with Crippen molar-refractivity contribution in [3.8, 4) is 0 Å². The molecule has 1 atom stereocenters. The van der Waals surface area contributed by atoms with E-state index in [4.69, 9.17) is 16.0 Å². The number of nitrogens with zero attached hydrogens (tertiary/aromatic N) is 3. The third-order valence-corrected chi connectivity index (χ3v) is 8.52. The highest BCUT2D eigenvalue weighted by molar-refractivity contribution is 7.99. The summed E-state index contributed by atoms with van der Waals surface area (Å²) in [5.41, 5.74) is 1.03. The molecule has 0 radical (unpaired) electrons. The highest BCUT2D eigenvalue weighted by Gasteiger charge is 2.33. The number of carbonyl (C=O) groups excluding carboxylic acids is 1. The van der Waals surface area contributed by atoms with Crippen molar-refractivity contribution < 1.29 is 17.6 Å². The molecule has 11 heteroatoms. The molecule has 0 spiro atoms. The molecule has 1 N–H and O–H groups in total. The minimum absolute atomic E-state index is 0.0100. The van der Waals surface area contributed by atoms with E-state index in [-0.39, 0.29) is 23.4 Å². The standard InChI is InChI=1S/C23H25ClN4O4S2/c1-2-33-19-9-5-16(6-10-19)14-21-26-27-23(32-21)25-22(29)17-4-3-13-28(15-17)34(30,31)20-11-7-18(24)8-12-20/h5-12,17H,2-4,13-15H2,1H3,(H,25,27,29). The number of benzene rings is 2. The maximum atomic E-state index is 13.0. The second-order valence-electron chi connectivity index (χ2n) is 7.90. The van der Waals surface area contributed by atoms with Gasteiger partial charge in [-0.3, -0.25) is 10.1 Å². The topological polar surface area (TPSA) is 105 Å². The van der Waals surface area contributed by atoms with Crippen LogP contribution in [0.2, 0.25) is 5.02 Å². The third kappa shape index (κ3) is 5.99. The number of carbonyl (C=O) groups is 1. The van der Waals surface area contributed by atoms with Gasteiger partial charge in [0.25, 0.3) is 0 Å². The van der Waals surface area contributed by atoms with E-state index in [1.807, 2.05) is 12.1 Å². The van der Waals surface area contributed by atoms with E-state index in [2.05, 4.69) is 34.6 Å². The molecule has 8 nitrogen and oxygen atoms in total. The van der Waals surface area contributed by atoms with Crippen molar-refractivity contribution in [2.24, 2.45) is 5.92 Å². The van der Waals surface area contributed by atoms with Crippen LogP contribution in [-0.2, 0) is 21.2 Å². The first-order valence-corrected chi connectivity index (χ1v) is 13.8. The van der Waals surface area contributed by atoms with Crippen LogP contribution in [0.15, 0.2) is 62.7 Å². The zero-order valence-corrected chi connectivity index (χ0v) is 21.0. The summed E-state index contributed by atoms with van der Waals surface area (Å²) in [6.45, 7) is 2.55. The van der Waals surface area contributed by atoms with E-state index in [1.54, 1.807) is 11.8 Å². The van der Waals surface area contributed by atoms with Crippen molar-refractivity contribution in [3.63, 3.8) is 0 Å². The zero-order chi connectivity index (χ0) is 24.1. The Labute approximate surface area is 208 Å². The Bertz CT molecular complexity index is 1230. The normalized spacial score (nSPS) is 16.9. The van der Waals surface area contributed by atoms with Crippen LogP contribution in [0.3, 0.4) is 0 Å². The summed E-state index contributed by atoms with van der Waals surface area (Å²) in [6.07, 6.45) is 1.60. The Kier molecular flexibility index (Phi) is 7.92. The number of hydrogen-bond acceptors (Lipinski definition) is 7. The highest BCUT2D eigenvalue weighted by atomic mass is 35.5. The summed E-state index contributed by atoms with van der Waals surface area (Å²) in [6, 6.07) is 14.1. The van der Waals surface area contributed by atoms with Crippen molar-refractivity contribution in [1.29, 1.82) is 0 Å². The van der Waals surface area contributed by atoms with Crippen LogP contribution in [0.5, 0.6) is 0 Å². The Balaban J connectivity index is 1.36. The number of amides is 1. The van der Waals surface area contributed by atoms with Gasteiger partial charge in [-0.25, -0.2) is 8.42 Å². The number of nitrogens with one attached hydrogen (secondary N) is 1. The maximum absolute atomic E-state index is 13.0. The largest absolute Gasteiger partial charge is 0.407 e. The molecule has 1 unspecified atom stereocenters. The lowest BCUT2D eigenvalue weighted by Gasteiger charge is -2.30. The van der Waals surface area contributed by atoms with Crippen molar-refractivity contribution in [3.05, 3.63) is 65.0 Å². The van der Waals surface area contributed by atoms with Gasteiger partial charge in [-0.05, 0) is 60.6 Å². The second kappa shape index (κ2) is 10.9. The van der Waals surface area contributed by atoms with Gasteiger partial charge in [0.15, 0.2) is 0 Å². The van der Waals surface area contributed by atoms with Gasteiger partial charge >= 0.3 is 6.01 Å². The Morgan fingerprint density at radius 1 is 1.18 bits per heavy atom. The molecule has 1 aliphatic heterocycles. The van der Waals surface area contributed by atoms with E-state index in [9.17, 15) is 13.2 Å². The highest BCUT2D eigenvalue weighted by Crippen LogP contribution is 2.26. The van der Waals surface area contributed by atoms with Crippen molar-refractivity contribution >= 4 is 45.3 Å². The Morgan fingerprint density at radius 3 is 2.62 bits per heavy atom. The number of anilines is 1. The molecule has 0 aliphatic carbocycles. The molecule has 2 aromatic carbocycles. The monoisotopic (exact) mass is 520 g/mol. The predicted molar refractivity (Wildman–Crippen MR) is 132 cm³/mol. The summed E-state index contributed by atoms with van der Waals surface area (Å²) in [5, 5.41) is 11.0. The number of hydrogen-bond donors (Lipinski definition) is 1. The lowest BCUT2D eigenvalue weighted by Crippen LogP contribution is -2.43. The summed E-state index contributed by atoms with van der Waals surface area (Å²) < 4.78 is 32.9. The lowest BCUT2D eigenvalue weighted by molar-refractivity contribution is -0.121. The fourth-order valence-electron chi connectivity index (χ4n) is 3.76. The maximum Gasteiger partial charge on any atom is 0.322 e. The second-order valence-corrected chi connectivity index (χ2v) is 11.6. The summed E-state index contributed by atoms with van der Waals surface area (Å²) >= 11 is 7.64. The van der Waals surface area contributed by atoms with Gasteiger partial charge in [0.05, 0.1) is 17.2 Å². The fourth-order valence-corrected chi connectivity index (χ4v) is 6.07. The Morgan fingerprint density at radius 2 is 1.91 bits per heavy atom. The number of sulfonamides is 1. The van der Waals surface area contributed by atoms with Gasteiger partial charge in [0, 0.05) is 23.0 Å². The van der Waals surface area contributed by atoms with Crippen LogP contribution < -0.4 is 5.32 Å². The summed E-state index contributed by atoms with van der Waals surface area (Å²) in [5.74, 6) is 0.543. The van der Waals surface area contributed by atoms with E-state index >= 15 is 0 Å². The molecule has 1 aliphatic rings. The number of piperidine rings is 1. The zero-order valence-electron chi connectivity index (χ0n) is 18.6. The van der Waals surface area contributed by atoms with Gasteiger partial charge in [0.2, 0.25) is 21.8 Å². The summed E-state index contributed by atoms with van der Waals surface area (Å²) in [4.78, 5) is 14.2. The average Bonchev–Trinajstić information content (AvgIpc) is 3.27. The van der Waals surface area contributed by atoms with E-state index in [0.29, 0.717) is 36.7 Å². The lowest BCUT2D eigenvalue weighted by atomic mass is 9.99. The first-order chi connectivity index (χ1) is 16.3. The molecule has 2 heterocycles. The Hall–Kier alpha value is -2.40. The molecule has 1 fully saturated rings. The van der Waals surface area contributed by atoms with Crippen LogP contribution in [0.4, 0.5) is 6.01 Å². The van der Waals surface area contributed by atoms with Crippen LogP contribution in [0.25, 0.3) is 0 Å². The molecular formula is C23H25ClN4O4S2. The first-order valence-electron chi connectivity index (χ1n) is 11.0. The number of thioether (sulfide) groups is 1. The molecule has 1 saturated heterocycles. The number of halogens is 1. The van der Waals surface area contributed by atoms with E-state index < -0.39 is 15.9 Å². The van der Waals surface area contributed by atoms with Gasteiger partial charge in [-0.1, -0.05) is 35.8 Å². The quantitative estimate of drug-likeness (QED) is 0.437. The van der Waals surface area contributed by atoms with Gasteiger partial charge < -0.3 is 4.42 Å². The summed E-state index contributed by atoms with van der Waals surface area (Å²) in [7, 11) is -3.71. The van der Waals surface area contributed by atoms with Gasteiger partial charge in [-0.15, -0.1) is 16.9 Å². The minimum atomic E-state index is -3.71. The molecule has 180 valence electrons. The fraction of sp³-hybridized carbons (Fsp3) is 0.348. The SMILES string of the molecule is CCSc1ccc(Cc2nnc(NC(=O)C3CCCN(S(=O)(=O)c4ccc(Cl)cc4)C3)o2)cc1. The van der Waals surface area contributed by atoms with Gasteiger partial charge in [0.1, 0.15) is 0 Å². The van der Waals surface area contributed by atoms with E-state index in [1.165, 1.54) is 33.5 Å². The molecule has 0 bridgehead atoms.